The molecule has 0 radical (unpaired) electrons. The van der Waals surface area contributed by atoms with Gasteiger partial charge in [-0.3, -0.25) is 9.69 Å². The molecule has 0 aliphatic carbocycles. The highest BCUT2D eigenvalue weighted by atomic mass is 16.3. The van der Waals surface area contributed by atoms with E-state index in [4.69, 9.17) is 0 Å². The van der Waals surface area contributed by atoms with Crippen LogP contribution in [0, 0.1) is 5.92 Å². The van der Waals surface area contributed by atoms with Crippen molar-refractivity contribution in [2.45, 2.75) is 43.9 Å². The number of aliphatic hydroxyl groups excluding tert-OH is 1. The van der Waals surface area contributed by atoms with Crippen molar-refractivity contribution in [3.8, 4) is 0 Å². The highest BCUT2D eigenvalue weighted by Crippen LogP contribution is 2.43. The number of aromatic nitrogens is 1. The van der Waals surface area contributed by atoms with Crippen molar-refractivity contribution in [3.63, 3.8) is 0 Å². The number of pyridine rings is 1. The molecule has 4 atom stereocenters. The molecule has 19 heavy (non-hydrogen) atoms. The van der Waals surface area contributed by atoms with Crippen LogP contribution in [-0.4, -0.2) is 39.8 Å². The molecule has 0 amide bonds. The second-order valence-corrected chi connectivity index (χ2v) is 6.28. The van der Waals surface area contributed by atoms with Gasteiger partial charge in [0, 0.05) is 36.8 Å². The number of fused-ring (bicyclic) bond motifs is 2. The summed E-state index contributed by atoms with van der Waals surface area (Å²) in [6.45, 7) is 2.78. The average molecular weight is 260 g/mol. The zero-order chi connectivity index (χ0) is 13.0. The van der Waals surface area contributed by atoms with Crippen LogP contribution < -0.4 is 5.56 Å². The molecule has 2 fully saturated rings. The molecule has 3 aliphatic rings. The van der Waals surface area contributed by atoms with Crippen LogP contribution in [0.25, 0.3) is 0 Å². The monoisotopic (exact) mass is 260 g/mol. The standard InChI is InChI=1S/C15H20N2O2/c18-11-7-12-13-4-1-5-14(19)17(13)8-10-3-2-6-16(9-11)15(10)12/h1,4-5,10-12,15,18H,2-3,6-9H2/t10-,11-,12+,15+/m0/s1. The molecule has 2 saturated heterocycles. The fraction of sp³-hybridized carbons (Fsp3) is 0.667. The molecule has 0 bridgehead atoms. The Bertz CT molecular complexity index is 553. The third-order valence-corrected chi connectivity index (χ3v) is 5.19. The molecule has 4 rings (SSSR count). The summed E-state index contributed by atoms with van der Waals surface area (Å²) in [5.74, 6) is 0.913. The molecule has 1 aromatic heterocycles. The lowest BCUT2D eigenvalue weighted by atomic mass is 9.72. The van der Waals surface area contributed by atoms with Crippen molar-refractivity contribution in [2.75, 3.05) is 13.1 Å². The van der Waals surface area contributed by atoms with Crippen molar-refractivity contribution < 1.29 is 5.11 Å². The first-order valence-electron chi connectivity index (χ1n) is 7.36. The van der Waals surface area contributed by atoms with Gasteiger partial charge in [-0.1, -0.05) is 6.07 Å². The number of nitrogens with zero attached hydrogens (tertiary/aromatic N) is 2. The molecule has 1 N–H and O–H groups in total. The van der Waals surface area contributed by atoms with E-state index in [2.05, 4.69) is 11.0 Å². The van der Waals surface area contributed by atoms with Crippen molar-refractivity contribution >= 4 is 0 Å². The fourth-order valence-electron chi connectivity index (χ4n) is 4.53. The minimum absolute atomic E-state index is 0.119. The molecule has 0 saturated carbocycles. The normalized spacial score (nSPS) is 37.5. The van der Waals surface area contributed by atoms with Gasteiger partial charge in [0.15, 0.2) is 0 Å². The summed E-state index contributed by atoms with van der Waals surface area (Å²) in [6, 6.07) is 6.14. The molecular weight excluding hydrogens is 240 g/mol. The van der Waals surface area contributed by atoms with Crippen LogP contribution in [-0.2, 0) is 6.54 Å². The third-order valence-electron chi connectivity index (χ3n) is 5.19. The second kappa shape index (κ2) is 4.18. The Balaban J connectivity index is 1.84. The number of hydrogen-bond donors (Lipinski definition) is 1. The van der Waals surface area contributed by atoms with Gasteiger partial charge in [0.05, 0.1) is 6.10 Å². The van der Waals surface area contributed by atoms with Gasteiger partial charge in [-0.05, 0) is 37.8 Å². The van der Waals surface area contributed by atoms with E-state index in [1.165, 1.54) is 12.8 Å². The largest absolute Gasteiger partial charge is 0.392 e. The fourth-order valence-corrected chi connectivity index (χ4v) is 4.53. The molecule has 3 aliphatic heterocycles. The van der Waals surface area contributed by atoms with Crippen molar-refractivity contribution in [1.82, 2.24) is 9.47 Å². The minimum Gasteiger partial charge on any atom is -0.392 e. The van der Waals surface area contributed by atoms with E-state index < -0.39 is 0 Å². The molecule has 0 unspecified atom stereocenters. The van der Waals surface area contributed by atoms with Gasteiger partial charge >= 0.3 is 0 Å². The van der Waals surface area contributed by atoms with E-state index in [1.807, 2.05) is 10.6 Å². The van der Waals surface area contributed by atoms with Crippen molar-refractivity contribution in [1.29, 1.82) is 0 Å². The number of piperidine rings is 2. The first-order chi connectivity index (χ1) is 9.24. The average Bonchev–Trinajstić information content (AvgIpc) is 2.40. The van der Waals surface area contributed by atoms with Gasteiger partial charge in [-0.2, -0.15) is 0 Å². The van der Waals surface area contributed by atoms with Crippen LogP contribution in [0.1, 0.15) is 30.9 Å². The van der Waals surface area contributed by atoms with E-state index in [0.29, 0.717) is 17.9 Å². The topological polar surface area (TPSA) is 45.5 Å². The van der Waals surface area contributed by atoms with Gasteiger partial charge in [0.1, 0.15) is 0 Å². The second-order valence-electron chi connectivity index (χ2n) is 6.28. The molecule has 4 nitrogen and oxygen atoms in total. The van der Waals surface area contributed by atoms with Crippen molar-refractivity contribution in [2.24, 2.45) is 5.92 Å². The summed E-state index contributed by atoms with van der Waals surface area (Å²) >= 11 is 0. The SMILES string of the molecule is O=c1cccc2n1C[C@@H]1CCCN3C[C@@H](O)C[C@H]2[C@@H]13. The van der Waals surface area contributed by atoms with Crippen LogP contribution in [0.2, 0.25) is 0 Å². The summed E-state index contributed by atoms with van der Waals surface area (Å²) in [6.07, 6.45) is 2.97. The van der Waals surface area contributed by atoms with Crippen LogP contribution in [0.15, 0.2) is 23.0 Å². The summed E-state index contributed by atoms with van der Waals surface area (Å²) in [4.78, 5) is 14.5. The minimum atomic E-state index is -0.248. The van der Waals surface area contributed by atoms with E-state index in [9.17, 15) is 9.90 Å². The van der Waals surface area contributed by atoms with Crippen LogP contribution in [0.4, 0.5) is 0 Å². The van der Waals surface area contributed by atoms with Gasteiger partial charge in [0.2, 0.25) is 0 Å². The lowest BCUT2D eigenvalue weighted by Crippen LogP contribution is -2.59. The van der Waals surface area contributed by atoms with E-state index >= 15 is 0 Å². The Labute approximate surface area is 112 Å². The maximum absolute atomic E-state index is 12.1. The van der Waals surface area contributed by atoms with Crippen LogP contribution in [0.5, 0.6) is 0 Å². The van der Waals surface area contributed by atoms with E-state index in [0.717, 1.165) is 31.7 Å². The van der Waals surface area contributed by atoms with Gasteiger partial charge in [-0.15, -0.1) is 0 Å². The first kappa shape index (κ1) is 11.7. The summed E-state index contributed by atoms with van der Waals surface area (Å²) in [5.41, 5.74) is 1.26. The van der Waals surface area contributed by atoms with Crippen molar-refractivity contribution in [3.05, 3.63) is 34.2 Å². The zero-order valence-corrected chi connectivity index (χ0v) is 11.0. The zero-order valence-electron chi connectivity index (χ0n) is 11.0. The Morgan fingerprint density at radius 3 is 3.05 bits per heavy atom. The summed E-state index contributed by atoms with van der Waals surface area (Å²) < 4.78 is 1.95. The third kappa shape index (κ3) is 1.70. The predicted molar refractivity (Wildman–Crippen MR) is 72.2 cm³/mol. The Hall–Kier alpha value is -1.13. The molecular formula is C15H20N2O2. The van der Waals surface area contributed by atoms with Gasteiger partial charge < -0.3 is 9.67 Å². The lowest BCUT2D eigenvalue weighted by molar-refractivity contribution is -0.0376. The van der Waals surface area contributed by atoms with Gasteiger partial charge in [-0.25, -0.2) is 0 Å². The highest BCUT2D eigenvalue weighted by molar-refractivity contribution is 5.20. The predicted octanol–water partition coefficient (Wildman–Crippen LogP) is 0.791. The molecule has 4 heterocycles. The Morgan fingerprint density at radius 2 is 2.16 bits per heavy atom. The Morgan fingerprint density at radius 1 is 1.26 bits per heavy atom. The quantitative estimate of drug-likeness (QED) is 0.750. The number of aliphatic hydroxyl groups is 1. The molecule has 0 spiro atoms. The lowest BCUT2D eigenvalue weighted by Gasteiger charge is -2.53. The molecule has 0 aromatic carbocycles. The van der Waals surface area contributed by atoms with Crippen LogP contribution >= 0.6 is 0 Å². The maximum atomic E-state index is 12.1. The molecule has 102 valence electrons. The van der Waals surface area contributed by atoms with E-state index in [-0.39, 0.29) is 11.7 Å². The number of hydrogen-bond acceptors (Lipinski definition) is 3. The van der Waals surface area contributed by atoms with Gasteiger partial charge in [0.25, 0.3) is 5.56 Å². The maximum Gasteiger partial charge on any atom is 0.250 e. The summed E-state index contributed by atoms with van der Waals surface area (Å²) in [5, 5.41) is 10.1. The van der Waals surface area contributed by atoms with Crippen LogP contribution in [0.3, 0.4) is 0 Å². The molecule has 4 heteroatoms. The number of rotatable bonds is 0. The summed E-state index contributed by atoms with van der Waals surface area (Å²) in [7, 11) is 0. The van der Waals surface area contributed by atoms with E-state index in [1.54, 1.807) is 6.07 Å². The molecule has 1 aromatic rings. The first-order valence-corrected chi connectivity index (χ1v) is 7.36. The Kier molecular flexibility index (Phi) is 2.57. The highest BCUT2D eigenvalue weighted by Gasteiger charge is 2.46. The smallest absolute Gasteiger partial charge is 0.250 e.